The minimum atomic E-state index is -3.94. The van der Waals surface area contributed by atoms with Gasteiger partial charge in [0.2, 0.25) is 10.0 Å². The van der Waals surface area contributed by atoms with Crippen LogP contribution >= 0.6 is 23.2 Å². The van der Waals surface area contributed by atoms with Crippen LogP contribution < -0.4 is 10.5 Å². The van der Waals surface area contributed by atoms with Gasteiger partial charge in [-0.25, -0.2) is 13.6 Å². The number of anilines is 1. The molecule has 0 aliphatic carbocycles. The number of carbonyl (C=O) groups excluding carboxylic acids is 1. The molecule has 7 nitrogen and oxygen atoms in total. The highest BCUT2D eigenvalue weighted by atomic mass is 35.5. The van der Waals surface area contributed by atoms with Gasteiger partial charge < -0.3 is 5.32 Å². The van der Waals surface area contributed by atoms with E-state index < -0.39 is 15.9 Å². The molecule has 10 heteroatoms. The van der Waals surface area contributed by atoms with E-state index >= 15 is 0 Å². The second-order valence-corrected chi connectivity index (χ2v) is 6.55. The number of nitrogens with two attached hydrogens (primary N) is 1. The van der Waals surface area contributed by atoms with Crippen molar-refractivity contribution in [3.05, 3.63) is 39.6 Å². The number of benzene rings is 1. The van der Waals surface area contributed by atoms with Gasteiger partial charge in [-0.2, -0.15) is 5.10 Å². The molecule has 0 aliphatic rings. The number of rotatable bonds is 3. The van der Waals surface area contributed by atoms with Crippen molar-refractivity contribution >= 4 is 44.8 Å². The van der Waals surface area contributed by atoms with Gasteiger partial charge in [0.05, 0.1) is 32.4 Å². The summed E-state index contributed by atoms with van der Waals surface area (Å²) in [6.07, 6.45) is 1.35. The summed E-state index contributed by atoms with van der Waals surface area (Å²) < 4.78 is 22.5. The predicted octanol–water partition coefficient (Wildman–Crippen LogP) is 1.92. The molecule has 0 spiro atoms. The lowest BCUT2D eigenvalue weighted by Crippen LogP contribution is -2.15. The van der Waals surface area contributed by atoms with Crippen molar-refractivity contribution < 1.29 is 13.2 Å². The number of H-pyrrole nitrogens is 1. The van der Waals surface area contributed by atoms with Crippen molar-refractivity contribution in [1.29, 1.82) is 0 Å². The van der Waals surface area contributed by atoms with Gasteiger partial charge in [0.15, 0.2) is 0 Å². The number of hydrogen-bond donors (Lipinski definition) is 3. The first-order chi connectivity index (χ1) is 9.70. The van der Waals surface area contributed by atoms with Crippen LogP contribution in [0, 0.1) is 6.92 Å². The first kappa shape index (κ1) is 15.8. The Kier molecular flexibility index (Phi) is 4.24. The van der Waals surface area contributed by atoms with E-state index in [-0.39, 0.29) is 20.6 Å². The number of aromatic nitrogens is 2. The molecule has 1 aromatic carbocycles. The summed E-state index contributed by atoms with van der Waals surface area (Å²) in [4.78, 5) is 11.8. The Morgan fingerprint density at radius 3 is 2.33 bits per heavy atom. The summed E-state index contributed by atoms with van der Waals surface area (Å²) in [5.74, 6) is -0.478. The van der Waals surface area contributed by atoms with Gasteiger partial charge in [-0.15, -0.1) is 0 Å². The third kappa shape index (κ3) is 3.35. The molecule has 1 aromatic heterocycles. The largest absolute Gasteiger partial charge is 0.319 e. The highest BCUT2D eigenvalue weighted by Gasteiger charge is 2.18. The van der Waals surface area contributed by atoms with Crippen LogP contribution in [0.3, 0.4) is 0 Å². The van der Waals surface area contributed by atoms with Crippen LogP contribution in [0.2, 0.25) is 10.0 Å². The van der Waals surface area contributed by atoms with Crippen molar-refractivity contribution in [3.63, 3.8) is 0 Å². The van der Waals surface area contributed by atoms with Crippen LogP contribution in [0.5, 0.6) is 0 Å². The van der Waals surface area contributed by atoms with E-state index in [2.05, 4.69) is 15.5 Å². The monoisotopic (exact) mass is 348 g/mol. The second-order valence-electron chi connectivity index (χ2n) is 4.17. The van der Waals surface area contributed by atoms with Crippen LogP contribution in [-0.2, 0) is 10.0 Å². The highest BCUT2D eigenvalue weighted by molar-refractivity contribution is 7.89. The van der Waals surface area contributed by atoms with Crippen LogP contribution in [-0.4, -0.2) is 24.5 Å². The molecule has 1 amide bonds. The number of hydrogen-bond acceptors (Lipinski definition) is 4. The number of nitrogens with zero attached hydrogens (tertiary/aromatic N) is 1. The third-order valence-electron chi connectivity index (χ3n) is 2.66. The van der Waals surface area contributed by atoms with Crippen LogP contribution in [0.25, 0.3) is 0 Å². The number of aromatic amines is 1. The zero-order valence-electron chi connectivity index (χ0n) is 10.6. The van der Waals surface area contributed by atoms with Gasteiger partial charge in [0.1, 0.15) is 0 Å². The maximum Gasteiger partial charge on any atom is 0.259 e. The van der Waals surface area contributed by atoms with E-state index in [1.807, 2.05) is 0 Å². The highest BCUT2D eigenvalue weighted by Crippen LogP contribution is 2.33. The maximum atomic E-state index is 12.1. The second kappa shape index (κ2) is 5.64. The molecule has 0 saturated heterocycles. The number of aryl methyl sites for hydroxylation is 1. The van der Waals surface area contributed by atoms with E-state index in [4.69, 9.17) is 28.3 Å². The smallest absolute Gasteiger partial charge is 0.259 e. The van der Waals surface area contributed by atoms with Gasteiger partial charge in [-0.05, 0) is 19.1 Å². The Morgan fingerprint density at radius 1 is 1.33 bits per heavy atom. The fourth-order valence-electron chi connectivity index (χ4n) is 1.59. The van der Waals surface area contributed by atoms with E-state index in [1.165, 1.54) is 6.20 Å². The molecule has 0 unspecified atom stereocenters. The summed E-state index contributed by atoms with van der Waals surface area (Å²) in [6, 6.07) is 2.22. The molecule has 0 fully saturated rings. The van der Waals surface area contributed by atoms with Crippen molar-refractivity contribution in [3.8, 4) is 0 Å². The Morgan fingerprint density at radius 2 is 1.90 bits per heavy atom. The number of carbonyl (C=O) groups is 1. The lowest BCUT2D eigenvalue weighted by Gasteiger charge is -2.10. The average molecular weight is 349 g/mol. The van der Waals surface area contributed by atoms with Gasteiger partial charge in [0.25, 0.3) is 5.91 Å². The molecular formula is C11H10Cl2N4O3S. The molecule has 0 aliphatic heterocycles. The molecule has 0 radical (unpaired) electrons. The number of halogens is 2. The normalized spacial score (nSPS) is 11.4. The maximum absolute atomic E-state index is 12.1. The third-order valence-corrected chi connectivity index (χ3v) is 4.15. The van der Waals surface area contributed by atoms with Gasteiger partial charge in [0, 0.05) is 5.69 Å². The summed E-state index contributed by atoms with van der Waals surface area (Å²) in [5, 5.41) is 13.8. The topological polar surface area (TPSA) is 118 Å². The first-order valence-electron chi connectivity index (χ1n) is 5.53. The van der Waals surface area contributed by atoms with E-state index in [0.29, 0.717) is 11.3 Å². The fraction of sp³-hybridized carbons (Fsp3) is 0.0909. The molecule has 2 aromatic rings. The van der Waals surface area contributed by atoms with E-state index in [1.54, 1.807) is 6.92 Å². The Hall–Kier alpha value is -1.61. The fourth-order valence-corrected chi connectivity index (χ4v) is 2.87. The molecular weight excluding hydrogens is 339 g/mol. The van der Waals surface area contributed by atoms with Gasteiger partial charge >= 0.3 is 0 Å². The van der Waals surface area contributed by atoms with Crippen molar-refractivity contribution in [2.24, 2.45) is 5.14 Å². The van der Waals surface area contributed by atoms with Crippen molar-refractivity contribution in [1.82, 2.24) is 10.2 Å². The summed E-state index contributed by atoms with van der Waals surface area (Å²) in [5.41, 5.74) is 0.981. The molecule has 2 rings (SSSR count). The SMILES string of the molecule is Cc1[nH]ncc1C(=O)Nc1c(Cl)cc(S(N)(=O)=O)cc1Cl. The van der Waals surface area contributed by atoms with Gasteiger partial charge in [-0.3, -0.25) is 9.89 Å². The van der Waals surface area contributed by atoms with Crippen LogP contribution in [0.1, 0.15) is 16.1 Å². The zero-order valence-corrected chi connectivity index (χ0v) is 13.0. The Balaban J connectivity index is 2.38. The van der Waals surface area contributed by atoms with Gasteiger partial charge in [-0.1, -0.05) is 23.2 Å². The van der Waals surface area contributed by atoms with E-state index in [9.17, 15) is 13.2 Å². The van der Waals surface area contributed by atoms with Crippen molar-refractivity contribution in [2.45, 2.75) is 11.8 Å². The molecule has 0 atom stereocenters. The Labute approximate surface area is 130 Å². The Bertz CT molecular complexity index is 794. The quantitative estimate of drug-likeness (QED) is 0.784. The number of amides is 1. The molecule has 21 heavy (non-hydrogen) atoms. The first-order valence-corrected chi connectivity index (χ1v) is 7.83. The molecule has 1 heterocycles. The zero-order chi connectivity index (χ0) is 15.8. The minimum absolute atomic E-state index is 0.0407. The average Bonchev–Trinajstić information content (AvgIpc) is 2.78. The molecule has 112 valence electrons. The summed E-state index contributed by atoms with van der Waals surface area (Å²) in [6.45, 7) is 1.68. The number of sulfonamides is 1. The van der Waals surface area contributed by atoms with Crippen LogP contribution in [0.4, 0.5) is 5.69 Å². The molecule has 0 saturated carbocycles. The number of primary sulfonamides is 1. The summed E-state index contributed by atoms with van der Waals surface area (Å²) >= 11 is 11.9. The predicted molar refractivity (Wildman–Crippen MR) is 79.1 cm³/mol. The number of nitrogens with one attached hydrogen (secondary N) is 2. The standard InChI is InChI=1S/C11H10Cl2N4O3S/c1-5-7(4-15-17-5)11(18)16-10-8(12)2-6(3-9(10)13)21(14,19)20/h2-4H,1H3,(H,15,17)(H,16,18)(H2,14,19,20). The lowest BCUT2D eigenvalue weighted by molar-refractivity contribution is 0.102. The molecule has 4 N–H and O–H groups in total. The van der Waals surface area contributed by atoms with Crippen LogP contribution in [0.15, 0.2) is 23.2 Å². The van der Waals surface area contributed by atoms with Crippen molar-refractivity contribution in [2.75, 3.05) is 5.32 Å². The molecule has 0 bridgehead atoms. The minimum Gasteiger partial charge on any atom is -0.319 e. The lowest BCUT2D eigenvalue weighted by atomic mass is 10.2. The van der Waals surface area contributed by atoms with E-state index in [0.717, 1.165) is 12.1 Å². The summed E-state index contributed by atoms with van der Waals surface area (Å²) in [7, 11) is -3.94.